The summed E-state index contributed by atoms with van der Waals surface area (Å²) in [4.78, 5) is 18.4. The number of rotatable bonds is 4. The summed E-state index contributed by atoms with van der Waals surface area (Å²) in [5, 5.41) is 3.78. The Labute approximate surface area is 91.5 Å². The monoisotopic (exact) mass is 220 g/mol. The van der Waals surface area contributed by atoms with Crippen molar-refractivity contribution >= 4 is 0 Å². The van der Waals surface area contributed by atoms with Crippen LogP contribution >= 0.6 is 0 Å². The molecule has 0 aliphatic rings. The summed E-state index contributed by atoms with van der Waals surface area (Å²) in [7, 11) is 0. The number of nitrogens with two attached hydrogens (primary N) is 1. The first-order chi connectivity index (χ1) is 7.81. The highest BCUT2D eigenvalue weighted by Crippen LogP contribution is 2.11. The summed E-state index contributed by atoms with van der Waals surface area (Å²) in [5.74, 6) is 0.817. The Morgan fingerprint density at radius 2 is 2.38 bits per heavy atom. The predicted molar refractivity (Wildman–Crippen MR) is 57.7 cm³/mol. The van der Waals surface area contributed by atoms with Gasteiger partial charge in [-0.15, -0.1) is 0 Å². The molecular weight excluding hydrogens is 208 g/mol. The van der Waals surface area contributed by atoms with E-state index >= 15 is 0 Å². The molecular formula is C10H12N4O2. The molecule has 2 aromatic heterocycles. The summed E-state index contributed by atoms with van der Waals surface area (Å²) in [6.45, 7) is 0.579. The lowest BCUT2D eigenvalue weighted by Gasteiger charge is -1.90. The van der Waals surface area contributed by atoms with E-state index in [9.17, 15) is 4.79 Å². The van der Waals surface area contributed by atoms with Gasteiger partial charge in [0.1, 0.15) is 5.56 Å². The molecule has 0 atom stereocenters. The fraction of sp³-hybridized carbons (Fsp3) is 0.300. The van der Waals surface area contributed by atoms with Gasteiger partial charge in [-0.1, -0.05) is 5.16 Å². The van der Waals surface area contributed by atoms with Crippen molar-refractivity contribution in [2.75, 3.05) is 6.54 Å². The van der Waals surface area contributed by atoms with Crippen LogP contribution in [-0.2, 0) is 6.42 Å². The highest BCUT2D eigenvalue weighted by Gasteiger charge is 2.10. The van der Waals surface area contributed by atoms with Crippen molar-refractivity contribution in [3.8, 4) is 11.5 Å². The third kappa shape index (κ3) is 2.17. The first kappa shape index (κ1) is 10.6. The molecule has 6 heteroatoms. The minimum absolute atomic E-state index is 0.146. The number of pyridine rings is 1. The van der Waals surface area contributed by atoms with Crippen molar-refractivity contribution < 1.29 is 4.52 Å². The van der Waals surface area contributed by atoms with E-state index in [-0.39, 0.29) is 11.3 Å². The molecule has 0 saturated heterocycles. The van der Waals surface area contributed by atoms with Crippen LogP contribution in [0.3, 0.4) is 0 Å². The van der Waals surface area contributed by atoms with Gasteiger partial charge in [-0.25, -0.2) is 0 Å². The van der Waals surface area contributed by atoms with Crippen LogP contribution in [0.5, 0.6) is 0 Å². The Morgan fingerprint density at radius 3 is 3.12 bits per heavy atom. The van der Waals surface area contributed by atoms with E-state index in [2.05, 4.69) is 15.1 Å². The Hall–Kier alpha value is -1.95. The standard InChI is InChI=1S/C10H12N4O2/c11-4-1-2-9-13-10(16-14-9)7-6-12-5-3-8(7)15/h3,5-6H,1-2,4,11H2,(H,12,15). The Kier molecular flexibility index (Phi) is 3.11. The van der Waals surface area contributed by atoms with Gasteiger partial charge in [-0.05, 0) is 13.0 Å². The SMILES string of the molecule is NCCCc1noc(-c2c[nH]ccc2=O)n1. The molecule has 0 aliphatic heterocycles. The topological polar surface area (TPSA) is 97.8 Å². The second-order valence-corrected chi connectivity index (χ2v) is 3.33. The van der Waals surface area contributed by atoms with E-state index in [1.165, 1.54) is 6.07 Å². The maximum atomic E-state index is 11.5. The van der Waals surface area contributed by atoms with Crippen molar-refractivity contribution in [1.29, 1.82) is 0 Å². The summed E-state index contributed by atoms with van der Waals surface area (Å²) < 4.78 is 5.01. The molecule has 2 rings (SSSR count). The summed E-state index contributed by atoms with van der Waals surface area (Å²) in [5.41, 5.74) is 5.61. The van der Waals surface area contributed by atoms with E-state index in [1.807, 2.05) is 0 Å². The molecule has 2 heterocycles. The molecule has 6 nitrogen and oxygen atoms in total. The summed E-state index contributed by atoms with van der Waals surface area (Å²) >= 11 is 0. The summed E-state index contributed by atoms with van der Waals surface area (Å²) in [6.07, 6.45) is 4.55. The van der Waals surface area contributed by atoms with Crippen molar-refractivity contribution in [2.45, 2.75) is 12.8 Å². The quantitative estimate of drug-likeness (QED) is 0.773. The van der Waals surface area contributed by atoms with Crippen LogP contribution in [0, 0.1) is 0 Å². The molecule has 0 aliphatic carbocycles. The molecule has 16 heavy (non-hydrogen) atoms. The number of aromatic nitrogens is 3. The number of hydrogen-bond acceptors (Lipinski definition) is 5. The van der Waals surface area contributed by atoms with Gasteiger partial charge in [-0.2, -0.15) is 4.98 Å². The van der Waals surface area contributed by atoms with Crippen molar-refractivity contribution in [1.82, 2.24) is 15.1 Å². The van der Waals surface area contributed by atoms with E-state index < -0.39 is 0 Å². The Bertz CT molecular complexity index is 517. The molecule has 0 saturated carbocycles. The molecule has 0 amide bonds. The fourth-order valence-corrected chi connectivity index (χ4v) is 1.31. The van der Waals surface area contributed by atoms with Crippen molar-refractivity contribution in [2.24, 2.45) is 5.73 Å². The first-order valence-electron chi connectivity index (χ1n) is 5.01. The minimum Gasteiger partial charge on any atom is -0.367 e. The van der Waals surface area contributed by atoms with E-state index in [4.69, 9.17) is 10.3 Å². The van der Waals surface area contributed by atoms with Crippen LogP contribution in [0.25, 0.3) is 11.5 Å². The largest absolute Gasteiger partial charge is 0.367 e. The average molecular weight is 220 g/mol. The number of H-pyrrole nitrogens is 1. The Morgan fingerprint density at radius 1 is 1.50 bits per heavy atom. The third-order valence-corrected chi connectivity index (χ3v) is 2.13. The smallest absolute Gasteiger partial charge is 0.263 e. The molecule has 0 fully saturated rings. The zero-order valence-corrected chi connectivity index (χ0v) is 8.64. The van der Waals surface area contributed by atoms with Gasteiger partial charge in [-0.3, -0.25) is 4.79 Å². The first-order valence-corrected chi connectivity index (χ1v) is 5.01. The van der Waals surface area contributed by atoms with Gasteiger partial charge >= 0.3 is 0 Å². The van der Waals surface area contributed by atoms with Gasteiger partial charge in [0, 0.05) is 24.9 Å². The normalized spacial score (nSPS) is 10.6. The molecule has 0 radical (unpaired) electrons. The summed E-state index contributed by atoms with van der Waals surface area (Å²) in [6, 6.07) is 1.42. The second-order valence-electron chi connectivity index (χ2n) is 3.33. The Balaban J connectivity index is 2.25. The van der Waals surface area contributed by atoms with Crippen LogP contribution in [0.15, 0.2) is 27.8 Å². The zero-order valence-electron chi connectivity index (χ0n) is 8.64. The highest BCUT2D eigenvalue weighted by molar-refractivity contribution is 5.50. The van der Waals surface area contributed by atoms with E-state index in [0.29, 0.717) is 24.4 Å². The van der Waals surface area contributed by atoms with Gasteiger partial charge in [0.2, 0.25) is 0 Å². The predicted octanol–water partition coefficient (Wildman–Crippen LogP) is 0.316. The minimum atomic E-state index is -0.146. The second kappa shape index (κ2) is 4.71. The van der Waals surface area contributed by atoms with Gasteiger partial charge in [0.15, 0.2) is 11.3 Å². The van der Waals surface area contributed by atoms with Crippen LogP contribution < -0.4 is 11.2 Å². The fourth-order valence-electron chi connectivity index (χ4n) is 1.31. The lowest BCUT2D eigenvalue weighted by atomic mass is 10.2. The number of aromatic amines is 1. The molecule has 3 N–H and O–H groups in total. The van der Waals surface area contributed by atoms with Crippen LogP contribution in [-0.4, -0.2) is 21.7 Å². The van der Waals surface area contributed by atoms with Crippen LogP contribution in [0.4, 0.5) is 0 Å². The van der Waals surface area contributed by atoms with Crippen molar-refractivity contribution in [3.05, 3.63) is 34.5 Å². The maximum Gasteiger partial charge on any atom is 0.263 e. The lowest BCUT2D eigenvalue weighted by Crippen LogP contribution is -2.03. The molecule has 0 spiro atoms. The van der Waals surface area contributed by atoms with Crippen LogP contribution in [0.1, 0.15) is 12.2 Å². The number of hydrogen-bond donors (Lipinski definition) is 2. The lowest BCUT2D eigenvalue weighted by molar-refractivity contribution is 0.421. The van der Waals surface area contributed by atoms with Gasteiger partial charge in [0.05, 0.1) is 0 Å². The van der Waals surface area contributed by atoms with Crippen LogP contribution in [0.2, 0.25) is 0 Å². The van der Waals surface area contributed by atoms with E-state index in [1.54, 1.807) is 12.4 Å². The highest BCUT2D eigenvalue weighted by atomic mass is 16.5. The average Bonchev–Trinajstić information content (AvgIpc) is 2.75. The molecule has 0 bridgehead atoms. The maximum absolute atomic E-state index is 11.5. The van der Waals surface area contributed by atoms with Gasteiger partial charge < -0.3 is 15.2 Å². The molecule has 2 aromatic rings. The zero-order chi connectivity index (χ0) is 11.4. The molecule has 0 aromatic carbocycles. The number of nitrogens with one attached hydrogen (secondary N) is 1. The molecule has 0 unspecified atom stereocenters. The number of aryl methyl sites for hydroxylation is 1. The number of nitrogens with zero attached hydrogens (tertiary/aromatic N) is 2. The van der Waals surface area contributed by atoms with E-state index in [0.717, 1.165) is 6.42 Å². The molecule has 84 valence electrons. The van der Waals surface area contributed by atoms with Crippen molar-refractivity contribution in [3.63, 3.8) is 0 Å². The third-order valence-electron chi connectivity index (χ3n) is 2.13. The van der Waals surface area contributed by atoms with Gasteiger partial charge in [0.25, 0.3) is 5.89 Å².